The Kier molecular flexibility index (Phi) is 6.61. The second-order valence-corrected chi connectivity index (χ2v) is 4.85. The van der Waals surface area contributed by atoms with Crippen molar-refractivity contribution in [3.05, 3.63) is 34.6 Å². The summed E-state index contributed by atoms with van der Waals surface area (Å²) in [5, 5.41) is 3.83. The molecule has 1 rings (SSSR count). The maximum Gasteiger partial charge on any atom is 0.127 e. The molecular weight excluding hydrogens is 253 g/mol. The number of nitrogens with one attached hydrogen (secondary N) is 1. The van der Waals surface area contributed by atoms with Gasteiger partial charge in [-0.2, -0.15) is 0 Å². The first-order chi connectivity index (χ1) is 8.58. The maximum absolute atomic E-state index is 13.7. The monoisotopic (exact) mass is 273 g/mol. The van der Waals surface area contributed by atoms with Crippen LogP contribution in [0.2, 0.25) is 5.02 Å². The van der Waals surface area contributed by atoms with Crippen LogP contribution in [0.15, 0.2) is 18.2 Å². The van der Waals surface area contributed by atoms with E-state index >= 15 is 0 Å². The molecule has 0 heterocycles. The second-order valence-electron chi connectivity index (χ2n) is 4.44. The van der Waals surface area contributed by atoms with Crippen molar-refractivity contribution >= 4 is 11.6 Å². The summed E-state index contributed by atoms with van der Waals surface area (Å²) in [4.78, 5) is 0. The molecule has 1 aromatic carbocycles. The van der Waals surface area contributed by atoms with Crippen LogP contribution in [0.4, 0.5) is 4.39 Å². The highest BCUT2D eigenvalue weighted by atomic mass is 35.5. The number of likely N-dealkylation sites (N-methyl/N-ethyl adjacent to an activating group) is 1. The SMILES string of the molecule is CCNC(Cc1c(F)cccc1Cl)CC(C)OC. The molecule has 0 bridgehead atoms. The Labute approximate surface area is 113 Å². The summed E-state index contributed by atoms with van der Waals surface area (Å²) in [6.45, 7) is 4.88. The second kappa shape index (κ2) is 7.72. The molecule has 0 spiro atoms. The van der Waals surface area contributed by atoms with Crippen LogP contribution < -0.4 is 5.32 Å². The van der Waals surface area contributed by atoms with Crippen molar-refractivity contribution in [2.75, 3.05) is 13.7 Å². The van der Waals surface area contributed by atoms with Crippen molar-refractivity contribution in [3.8, 4) is 0 Å². The van der Waals surface area contributed by atoms with Crippen molar-refractivity contribution in [2.45, 2.75) is 38.8 Å². The molecule has 0 aromatic heterocycles. The van der Waals surface area contributed by atoms with E-state index in [0.717, 1.165) is 13.0 Å². The van der Waals surface area contributed by atoms with Crippen LogP contribution in [0.3, 0.4) is 0 Å². The minimum atomic E-state index is -0.240. The van der Waals surface area contributed by atoms with Crippen LogP contribution in [0, 0.1) is 5.82 Å². The highest BCUT2D eigenvalue weighted by Gasteiger charge is 2.16. The molecule has 0 amide bonds. The van der Waals surface area contributed by atoms with E-state index in [9.17, 15) is 4.39 Å². The van der Waals surface area contributed by atoms with Gasteiger partial charge in [0, 0.05) is 23.7 Å². The van der Waals surface area contributed by atoms with Crippen LogP contribution in [-0.4, -0.2) is 25.8 Å². The predicted molar refractivity (Wildman–Crippen MR) is 73.7 cm³/mol. The third-order valence-electron chi connectivity index (χ3n) is 3.02. The number of halogens is 2. The number of ether oxygens (including phenoxy) is 1. The molecule has 102 valence electrons. The molecule has 0 aliphatic rings. The van der Waals surface area contributed by atoms with E-state index in [-0.39, 0.29) is 18.0 Å². The molecule has 4 heteroatoms. The molecule has 0 saturated carbocycles. The number of methoxy groups -OCH3 is 1. The molecule has 0 radical (unpaired) electrons. The Bertz CT molecular complexity index is 353. The van der Waals surface area contributed by atoms with E-state index in [1.165, 1.54) is 6.07 Å². The molecule has 1 aromatic rings. The fourth-order valence-electron chi connectivity index (χ4n) is 2.00. The van der Waals surface area contributed by atoms with Gasteiger partial charge in [-0.1, -0.05) is 24.6 Å². The molecule has 0 aliphatic carbocycles. The quantitative estimate of drug-likeness (QED) is 0.822. The fourth-order valence-corrected chi connectivity index (χ4v) is 2.24. The van der Waals surface area contributed by atoms with Gasteiger partial charge >= 0.3 is 0 Å². The van der Waals surface area contributed by atoms with Crippen molar-refractivity contribution in [1.29, 1.82) is 0 Å². The Morgan fingerprint density at radius 3 is 2.72 bits per heavy atom. The van der Waals surface area contributed by atoms with Crippen molar-refractivity contribution in [3.63, 3.8) is 0 Å². The third kappa shape index (κ3) is 4.56. The molecule has 2 nitrogen and oxygen atoms in total. The summed E-state index contributed by atoms with van der Waals surface area (Å²) in [5.74, 6) is -0.240. The molecule has 1 N–H and O–H groups in total. The molecule has 0 aliphatic heterocycles. The lowest BCUT2D eigenvalue weighted by Gasteiger charge is -2.22. The van der Waals surface area contributed by atoms with Crippen LogP contribution >= 0.6 is 11.6 Å². The largest absolute Gasteiger partial charge is 0.382 e. The van der Waals surface area contributed by atoms with Gasteiger partial charge in [0.15, 0.2) is 0 Å². The van der Waals surface area contributed by atoms with Gasteiger partial charge in [-0.25, -0.2) is 4.39 Å². The summed E-state index contributed by atoms with van der Waals surface area (Å²) in [6.07, 6.45) is 1.54. The van der Waals surface area contributed by atoms with E-state index in [2.05, 4.69) is 5.32 Å². The van der Waals surface area contributed by atoms with E-state index < -0.39 is 0 Å². The zero-order valence-electron chi connectivity index (χ0n) is 11.2. The maximum atomic E-state index is 13.7. The Morgan fingerprint density at radius 1 is 1.44 bits per heavy atom. The topological polar surface area (TPSA) is 21.3 Å². The average Bonchev–Trinajstić information content (AvgIpc) is 2.34. The summed E-state index contributed by atoms with van der Waals surface area (Å²) in [5.41, 5.74) is 0.577. The first kappa shape index (κ1) is 15.4. The van der Waals surface area contributed by atoms with Gasteiger partial charge in [0.2, 0.25) is 0 Å². The molecule has 2 unspecified atom stereocenters. The van der Waals surface area contributed by atoms with Gasteiger partial charge in [-0.15, -0.1) is 0 Å². The van der Waals surface area contributed by atoms with Crippen molar-refractivity contribution < 1.29 is 9.13 Å². The number of hydrogen-bond donors (Lipinski definition) is 1. The molecular formula is C14H21ClFNO. The third-order valence-corrected chi connectivity index (χ3v) is 3.38. The van der Waals surface area contributed by atoms with Gasteiger partial charge in [0.05, 0.1) is 6.10 Å². The predicted octanol–water partition coefficient (Wildman–Crippen LogP) is 3.42. The molecule has 18 heavy (non-hydrogen) atoms. The normalized spacial score (nSPS) is 14.5. The first-order valence-corrected chi connectivity index (χ1v) is 6.65. The molecule has 2 atom stereocenters. The lowest BCUT2D eigenvalue weighted by molar-refractivity contribution is 0.100. The summed E-state index contributed by atoms with van der Waals surface area (Å²) >= 11 is 6.05. The molecule has 0 fully saturated rings. The lowest BCUT2D eigenvalue weighted by atomic mass is 10.0. The van der Waals surface area contributed by atoms with Gasteiger partial charge < -0.3 is 10.1 Å². The highest BCUT2D eigenvalue weighted by Crippen LogP contribution is 2.21. The summed E-state index contributed by atoms with van der Waals surface area (Å²) < 4.78 is 19.0. The Morgan fingerprint density at radius 2 is 2.17 bits per heavy atom. The van der Waals surface area contributed by atoms with E-state index in [1.54, 1.807) is 19.2 Å². The fraction of sp³-hybridized carbons (Fsp3) is 0.571. The Balaban J connectivity index is 2.76. The van der Waals surface area contributed by atoms with Crippen molar-refractivity contribution in [1.82, 2.24) is 5.32 Å². The van der Waals surface area contributed by atoms with Gasteiger partial charge in [-0.3, -0.25) is 0 Å². The highest BCUT2D eigenvalue weighted by molar-refractivity contribution is 6.31. The Hall–Kier alpha value is -0.640. The first-order valence-electron chi connectivity index (χ1n) is 6.27. The van der Waals surface area contributed by atoms with E-state index in [0.29, 0.717) is 17.0 Å². The zero-order chi connectivity index (χ0) is 13.5. The van der Waals surface area contributed by atoms with E-state index in [1.807, 2.05) is 13.8 Å². The van der Waals surface area contributed by atoms with E-state index in [4.69, 9.17) is 16.3 Å². The van der Waals surface area contributed by atoms with Crippen LogP contribution in [-0.2, 0) is 11.2 Å². The lowest BCUT2D eigenvalue weighted by Crippen LogP contribution is -2.34. The molecule has 0 saturated heterocycles. The minimum Gasteiger partial charge on any atom is -0.382 e. The summed E-state index contributed by atoms with van der Waals surface area (Å²) in [7, 11) is 1.68. The standard InChI is InChI=1S/C14H21ClFNO/c1-4-17-11(8-10(2)18-3)9-12-13(15)6-5-7-14(12)16/h5-7,10-11,17H,4,8-9H2,1-3H3. The number of rotatable bonds is 7. The van der Waals surface area contributed by atoms with Gasteiger partial charge in [-0.05, 0) is 38.4 Å². The summed E-state index contributed by atoms with van der Waals surface area (Å²) in [6, 6.07) is 4.97. The van der Waals surface area contributed by atoms with Crippen LogP contribution in [0.5, 0.6) is 0 Å². The van der Waals surface area contributed by atoms with Crippen LogP contribution in [0.1, 0.15) is 25.8 Å². The smallest absolute Gasteiger partial charge is 0.127 e. The van der Waals surface area contributed by atoms with Crippen LogP contribution in [0.25, 0.3) is 0 Å². The van der Waals surface area contributed by atoms with Crippen molar-refractivity contribution in [2.24, 2.45) is 0 Å². The average molecular weight is 274 g/mol. The number of benzene rings is 1. The van der Waals surface area contributed by atoms with Gasteiger partial charge in [0.1, 0.15) is 5.82 Å². The number of hydrogen-bond acceptors (Lipinski definition) is 2. The minimum absolute atomic E-state index is 0.139. The zero-order valence-corrected chi connectivity index (χ0v) is 11.9. The van der Waals surface area contributed by atoms with Gasteiger partial charge in [0.25, 0.3) is 0 Å².